The Hall–Kier alpha value is -2.61. The number of hydrazone groups is 1. The maximum Gasteiger partial charge on any atom is 0.324 e. The molecule has 1 N–H and O–H groups in total. The van der Waals surface area contributed by atoms with E-state index in [1.165, 1.54) is 36.5 Å². The average molecular weight is 293 g/mol. The van der Waals surface area contributed by atoms with E-state index in [4.69, 9.17) is 0 Å². The van der Waals surface area contributed by atoms with Crippen LogP contribution in [0.2, 0.25) is 0 Å². The molecule has 0 atom stereocenters. The molecular formula is C12H8FN3O3S. The zero-order valence-electron chi connectivity index (χ0n) is 9.95. The van der Waals surface area contributed by atoms with Gasteiger partial charge in [0.25, 0.3) is 5.91 Å². The molecule has 2 rings (SSSR count). The van der Waals surface area contributed by atoms with E-state index in [1.54, 1.807) is 0 Å². The molecule has 20 heavy (non-hydrogen) atoms. The Bertz CT molecular complexity index is 684. The number of nitro groups is 1. The lowest BCUT2D eigenvalue weighted by molar-refractivity contribution is -0.380. The SMILES string of the molecule is O=C(N/N=C/c1ccc([N+](=O)[O-])s1)c1cccc(F)c1. The highest BCUT2D eigenvalue weighted by molar-refractivity contribution is 7.16. The van der Waals surface area contributed by atoms with Crippen LogP contribution in [-0.4, -0.2) is 17.0 Å². The molecule has 1 aromatic heterocycles. The summed E-state index contributed by atoms with van der Waals surface area (Å²) in [7, 11) is 0. The third-order valence-electron chi connectivity index (χ3n) is 2.24. The van der Waals surface area contributed by atoms with Gasteiger partial charge in [-0.25, -0.2) is 9.82 Å². The molecule has 0 bridgehead atoms. The summed E-state index contributed by atoms with van der Waals surface area (Å²) in [5.41, 5.74) is 2.35. The van der Waals surface area contributed by atoms with Crippen LogP contribution in [0.3, 0.4) is 0 Å². The fourth-order valence-corrected chi connectivity index (χ4v) is 2.05. The molecule has 0 aliphatic rings. The molecule has 1 aromatic carbocycles. The van der Waals surface area contributed by atoms with Gasteiger partial charge < -0.3 is 0 Å². The van der Waals surface area contributed by atoms with Crippen molar-refractivity contribution in [3.8, 4) is 0 Å². The highest BCUT2D eigenvalue weighted by Gasteiger charge is 2.08. The quantitative estimate of drug-likeness (QED) is 0.534. The van der Waals surface area contributed by atoms with E-state index in [-0.39, 0.29) is 10.6 Å². The standard InChI is InChI=1S/C12H8FN3O3S/c13-9-3-1-2-8(6-9)12(17)15-14-7-10-4-5-11(20-10)16(18)19/h1-7H,(H,15,17)/b14-7+. The lowest BCUT2D eigenvalue weighted by atomic mass is 10.2. The van der Waals surface area contributed by atoms with E-state index >= 15 is 0 Å². The molecule has 1 heterocycles. The molecule has 0 spiro atoms. The average Bonchev–Trinajstić information content (AvgIpc) is 2.87. The number of rotatable bonds is 4. The van der Waals surface area contributed by atoms with Crippen LogP contribution >= 0.6 is 11.3 Å². The van der Waals surface area contributed by atoms with Gasteiger partial charge in [-0.1, -0.05) is 17.4 Å². The van der Waals surface area contributed by atoms with Gasteiger partial charge in [-0.3, -0.25) is 14.9 Å². The maximum absolute atomic E-state index is 12.9. The number of hydrogen-bond donors (Lipinski definition) is 1. The van der Waals surface area contributed by atoms with Crippen molar-refractivity contribution in [1.82, 2.24) is 5.43 Å². The number of hydrogen-bond acceptors (Lipinski definition) is 5. The minimum absolute atomic E-state index is 0.0112. The predicted molar refractivity (Wildman–Crippen MR) is 72.4 cm³/mol. The van der Waals surface area contributed by atoms with Crippen LogP contribution in [0.4, 0.5) is 9.39 Å². The first-order chi connectivity index (χ1) is 9.56. The number of benzene rings is 1. The highest BCUT2D eigenvalue weighted by atomic mass is 32.1. The first-order valence-corrected chi connectivity index (χ1v) is 6.21. The second-order valence-corrected chi connectivity index (χ2v) is 4.74. The number of amides is 1. The van der Waals surface area contributed by atoms with E-state index in [1.807, 2.05) is 0 Å². The maximum atomic E-state index is 12.9. The Morgan fingerprint density at radius 1 is 1.40 bits per heavy atom. The van der Waals surface area contributed by atoms with Gasteiger partial charge in [-0.05, 0) is 24.3 Å². The van der Waals surface area contributed by atoms with Crippen molar-refractivity contribution < 1.29 is 14.1 Å². The van der Waals surface area contributed by atoms with Crippen LogP contribution in [0.1, 0.15) is 15.2 Å². The zero-order valence-corrected chi connectivity index (χ0v) is 10.8. The summed E-state index contributed by atoms with van der Waals surface area (Å²) in [6.45, 7) is 0. The summed E-state index contributed by atoms with van der Waals surface area (Å²) in [6.07, 6.45) is 1.29. The van der Waals surface area contributed by atoms with Crippen molar-refractivity contribution in [3.05, 3.63) is 62.8 Å². The molecule has 8 heteroatoms. The van der Waals surface area contributed by atoms with E-state index in [9.17, 15) is 19.3 Å². The fraction of sp³-hybridized carbons (Fsp3) is 0. The van der Waals surface area contributed by atoms with E-state index < -0.39 is 16.6 Å². The molecule has 0 aliphatic carbocycles. The fourth-order valence-electron chi connectivity index (χ4n) is 1.36. The predicted octanol–water partition coefficient (Wildman–Crippen LogP) is 2.56. The van der Waals surface area contributed by atoms with Gasteiger partial charge >= 0.3 is 5.00 Å². The Morgan fingerprint density at radius 2 is 2.20 bits per heavy atom. The molecule has 2 aromatic rings. The Kier molecular flexibility index (Phi) is 4.16. The van der Waals surface area contributed by atoms with Gasteiger partial charge in [0.1, 0.15) is 5.82 Å². The summed E-state index contributed by atoms with van der Waals surface area (Å²) in [4.78, 5) is 22.1. The summed E-state index contributed by atoms with van der Waals surface area (Å²) >= 11 is 0.931. The number of carbonyl (C=O) groups is 1. The molecular weight excluding hydrogens is 285 g/mol. The van der Waals surface area contributed by atoms with Crippen LogP contribution in [0.5, 0.6) is 0 Å². The Labute approximate surface area is 116 Å². The van der Waals surface area contributed by atoms with E-state index in [0.29, 0.717) is 4.88 Å². The minimum Gasteiger partial charge on any atom is -0.267 e. The Morgan fingerprint density at radius 3 is 2.85 bits per heavy atom. The van der Waals surface area contributed by atoms with Gasteiger partial charge in [0.2, 0.25) is 0 Å². The highest BCUT2D eigenvalue weighted by Crippen LogP contribution is 2.22. The lowest BCUT2D eigenvalue weighted by Crippen LogP contribution is -2.17. The largest absolute Gasteiger partial charge is 0.324 e. The van der Waals surface area contributed by atoms with Crippen molar-refractivity contribution in [3.63, 3.8) is 0 Å². The van der Waals surface area contributed by atoms with Crippen molar-refractivity contribution >= 4 is 28.5 Å². The molecule has 0 radical (unpaired) electrons. The zero-order chi connectivity index (χ0) is 14.5. The minimum atomic E-state index is -0.563. The molecule has 0 saturated heterocycles. The lowest BCUT2D eigenvalue weighted by Gasteiger charge is -1.98. The third-order valence-corrected chi connectivity index (χ3v) is 3.21. The topological polar surface area (TPSA) is 84.6 Å². The van der Waals surface area contributed by atoms with Gasteiger partial charge in [0.15, 0.2) is 0 Å². The van der Waals surface area contributed by atoms with Gasteiger partial charge in [-0.2, -0.15) is 5.10 Å². The number of thiophene rings is 1. The van der Waals surface area contributed by atoms with Crippen LogP contribution in [0.25, 0.3) is 0 Å². The monoisotopic (exact) mass is 293 g/mol. The molecule has 1 amide bonds. The second-order valence-electron chi connectivity index (χ2n) is 3.64. The smallest absolute Gasteiger partial charge is 0.267 e. The van der Waals surface area contributed by atoms with Gasteiger partial charge in [-0.15, -0.1) is 0 Å². The van der Waals surface area contributed by atoms with Crippen molar-refractivity contribution in [2.45, 2.75) is 0 Å². The molecule has 0 unspecified atom stereocenters. The van der Waals surface area contributed by atoms with E-state index in [0.717, 1.165) is 17.4 Å². The van der Waals surface area contributed by atoms with Crippen LogP contribution < -0.4 is 5.43 Å². The summed E-state index contributed by atoms with van der Waals surface area (Å²) in [6, 6.07) is 8.03. The number of halogens is 1. The first kappa shape index (κ1) is 13.8. The van der Waals surface area contributed by atoms with Crippen molar-refractivity contribution in [2.24, 2.45) is 5.10 Å². The molecule has 0 saturated carbocycles. The van der Waals surface area contributed by atoms with Crippen LogP contribution in [0.15, 0.2) is 41.5 Å². The van der Waals surface area contributed by atoms with Gasteiger partial charge in [0, 0.05) is 11.6 Å². The summed E-state index contributed by atoms with van der Waals surface area (Å²) in [5, 5.41) is 14.1. The second kappa shape index (κ2) is 6.02. The molecule has 6 nitrogen and oxygen atoms in total. The Balaban J connectivity index is 1.99. The first-order valence-electron chi connectivity index (χ1n) is 5.39. The summed E-state index contributed by atoms with van der Waals surface area (Å²) < 4.78 is 12.9. The van der Waals surface area contributed by atoms with Crippen molar-refractivity contribution in [2.75, 3.05) is 0 Å². The molecule has 0 aliphatic heterocycles. The van der Waals surface area contributed by atoms with E-state index in [2.05, 4.69) is 10.5 Å². The summed E-state index contributed by atoms with van der Waals surface area (Å²) in [5.74, 6) is -1.08. The van der Waals surface area contributed by atoms with Crippen LogP contribution in [0, 0.1) is 15.9 Å². The van der Waals surface area contributed by atoms with Gasteiger partial charge in [0.05, 0.1) is 16.0 Å². The number of carbonyl (C=O) groups excluding carboxylic acids is 1. The third kappa shape index (κ3) is 3.45. The number of nitrogens with one attached hydrogen (secondary N) is 1. The molecule has 0 fully saturated rings. The normalized spacial score (nSPS) is 10.7. The van der Waals surface area contributed by atoms with Crippen molar-refractivity contribution in [1.29, 1.82) is 0 Å². The number of nitrogens with zero attached hydrogens (tertiary/aromatic N) is 2. The van der Waals surface area contributed by atoms with Crippen LogP contribution in [-0.2, 0) is 0 Å². The molecule has 102 valence electrons.